The van der Waals surface area contributed by atoms with Crippen molar-refractivity contribution in [3.8, 4) is 0 Å². The van der Waals surface area contributed by atoms with Crippen LogP contribution in [0.2, 0.25) is 0 Å². The number of aromatic nitrogens is 3. The monoisotopic (exact) mass is 272 g/mol. The second-order valence-electron chi connectivity index (χ2n) is 4.18. The van der Waals surface area contributed by atoms with Crippen LogP contribution < -0.4 is 16.4 Å². The van der Waals surface area contributed by atoms with Gasteiger partial charge in [-0.25, -0.2) is 9.97 Å². The van der Waals surface area contributed by atoms with Crippen LogP contribution in [-0.2, 0) is 0 Å². The molecule has 0 saturated carbocycles. The van der Waals surface area contributed by atoms with Crippen molar-refractivity contribution in [1.29, 1.82) is 0 Å². The zero-order valence-electron chi connectivity index (χ0n) is 11.1. The van der Waals surface area contributed by atoms with Gasteiger partial charge in [0, 0.05) is 31.2 Å². The van der Waals surface area contributed by atoms with E-state index in [0.29, 0.717) is 18.8 Å². The van der Waals surface area contributed by atoms with Gasteiger partial charge in [0.25, 0.3) is 5.91 Å². The lowest BCUT2D eigenvalue weighted by Gasteiger charge is -2.07. The van der Waals surface area contributed by atoms with Gasteiger partial charge in [-0.15, -0.1) is 0 Å². The molecule has 0 atom stereocenters. The molecule has 0 spiro atoms. The van der Waals surface area contributed by atoms with Gasteiger partial charge in [-0.3, -0.25) is 9.78 Å². The molecule has 0 aliphatic rings. The first kappa shape index (κ1) is 13.7. The molecule has 0 bridgehead atoms. The third kappa shape index (κ3) is 3.91. The third-order valence-electron chi connectivity index (χ3n) is 2.51. The average molecular weight is 272 g/mol. The number of pyridine rings is 1. The van der Waals surface area contributed by atoms with Crippen LogP contribution in [0.1, 0.15) is 16.2 Å². The summed E-state index contributed by atoms with van der Waals surface area (Å²) in [4.78, 5) is 23.7. The van der Waals surface area contributed by atoms with Gasteiger partial charge in [0.15, 0.2) is 0 Å². The van der Waals surface area contributed by atoms with Gasteiger partial charge in [-0.05, 0) is 25.1 Å². The third-order valence-corrected chi connectivity index (χ3v) is 2.51. The summed E-state index contributed by atoms with van der Waals surface area (Å²) in [7, 11) is 0. The van der Waals surface area contributed by atoms with Gasteiger partial charge >= 0.3 is 0 Å². The van der Waals surface area contributed by atoms with Gasteiger partial charge in [0.05, 0.1) is 5.69 Å². The highest BCUT2D eigenvalue weighted by Crippen LogP contribution is 2.02. The number of nitrogens with zero attached hydrogens (tertiary/aromatic N) is 3. The van der Waals surface area contributed by atoms with Crippen molar-refractivity contribution in [2.75, 3.05) is 24.1 Å². The van der Waals surface area contributed by atoms with Crippen molar-refractivity contribution in [2.45, 2.75) is 6.92 Å². The second kappa shape index (κ2) is 6.46. The fourth-order valence-electron chi connectivity index (χ4n) is 1.65. The number of nitrogens with one attached hydrogen (secondary N) is 2. The van der Waals surface area contributed by atoms with Crippen LogP contribution in [-0.4, -0.2) is 33.9 Å². The Morgan fingerprint density at radius 1 is 1.35 bits per heavy atom. The van der Waals surface area contributed by atoms with Crippen LogP contribution in [0.4, 0.5) is 11.6 Å². The number of aryl methyl sites for hydroxylation is 1. The number of amides is 1. The molecule has 104 valence electrons. The molecular formula is C13H16N6O. The number of hydrogen-bond acceptors (Lipinski definition) is 6. The van der Waals surface area contributed by atoms with Crippen LogP contribution in [0.5, 0.6) is 0 Å². The summed E-state index contributed by atoms with van der Waals surface area (Å²) in [6.07, 6.45) is 3.42. The molecule has 2 heterocycles. The number of carbonyl (C=O) groups excluding carboxylic acids is 1. The Labute approximate surface area is 116 Å². The Morgan fingerprint density at radius 2 is 2.20 bits per heavy atom. The molecular weight excluding hydrogens is 256 g/mol. The molecule has 2 aromatic heterocycles. The second-order valence-corrected chi connectivity index (χ2v) is 4.18. The Kier molecular flexibility index (Phi) is 4.43. The summed E-state index contributed by atoms with van der Waals surface area (Å²) in [5.74, 6) is -0.168. The number of nitrogen functional groups attached to an aromatic ring is 1. The zero-order chi connectivity index (χ0) is 14.4. The fraction of sp³-hybridized carbons (Fsp3) is 0.231. The molecule has 0 fully saturated rings. The van der Waals surface area contributed by atoms with E-state index in [0.717, 1.165) is 5.69 Å². The predicted octanol–water partition coefficient (Wildman–Crippen LogP) is 0.604. The average Bonchev–Trinajstić information content (AvgIpc) is 2.43. The number of hydrogen-bond donors (Lipinski definition) is 3. The van der Waals surface area contributed by atoms with Gasteiger partial charge in [0.1, 0.15) is 5.69 Å². The summed E-state index contributed by atoms with van der Waals surface area (Å²) >= 11 is 0. The SMILES string of the molecule is Cc1cc(C(=O)NCCNc2cccnc2)nc(N)n1. The first-order valence-corrected chi connectivity index (χ1v) is 6.18. The van der Waals surface area contributed by atoms with Crippen molar-refractivity contribution in [3.63, 3.8) is 0 Å². The number of carbonyl (C=O) groups is 1. The van der Waals surface area contributed by atoms with Crippen LogP contribution in [0.25, 0.3) is 0 Å². The predicted molar refractivity (Wildman–Crippen MR) is 76.2 cm³/mol. The molecule has 4 N–H and O–H groups in total. The van der Waals surface area contributed by atoms with Crippen molar-refractivity contribution < 1.29 is 4.79 Å². The van der Waals surface area contributed by atoms with E-state index in [1.165, 1.54) is 0 Å². The Bertz CT molecular complexity index is 566. The van der Waals surface area contributed by atoms with Crippen molar-refractivity contribution in [1.82, 2.24) is 20.3 Å². The Balaban J connectivity index is 1.80. The van der Waals surface area contributed by atoms with Crippen molar-refractivity contribution in [3.05, 3.63) is 42.0 Å². The normalized spacial score (nSPS) is 10.1. The molecule has 2 rings (SSSR count). The summed E-state index contributed by atoms with van der Waals surface area (Å²) < 4.78 is 0. The highest BCUT2D eigenvalue weighted by molar-refractivity contribution is 5.92. The molecule has 0 unspecified atom stereocenters. The minimum absolute atomic E-state index is 0.101. The summed E-state index contributed by atoms with van der Waals surface area (Å²) in [5.41, 5.74) is 7.35. The molecule has 20 heavy (non-hydrogen) atoms. The summed E-state index contributed by atoms with van der Waals surface area (Å²) in [6, 6.07) is 5.34. The summed E-state index contributed by atoms with van der Waals surface area (Å²) in [6.45, 7) is 2.83. The Morgan fingerprint density at radius 3 is 2.90 bits per heavy atom. The van der Waals surface area contributed by atoms with Gasteiger partial charge in [0.2, 0.25) is 5.95 Å². The van der Waals surface area contributed by atoms with Gasteiger partial charge < -0.3 is 16.4 Å². The van der Waals surface area contributed by atoms with E-state index in [1.807, 2.05) is 12.1 Å². The van der Waals surface area contributed by atoms with Crippen molar-refractivity contribution >= 4 is 17.5 Å². The van der Waals surface area contributed by atoms with E-state index in [-0.39, 0.29) is 17.5 Å². The maximum atomic E-state index is 11.9. The van der Waals surface area contributed by atoms with Gasteiger partial charge in [-0.2, -0.15) is 0 Å². The maximum absolute atomic E-state index is 11.9. The van der Waals surface area contributed by atoms with Crippen LogP contribution >= 0.6 is 0 Å². The van der Waals surface area contributed by atoms with Crippen molar-refractivity contribution in [2.24, 2.45) is 0 Å². The fourth-order valence-corrected chi connectivity index (χ4v) is 1.65. The minimum Gasteiger partial charge on any atom is -0.382 e. The standard InChI is InChI=1S/C13H16N6O/c1-9-7-11(19-13(14)18-9)12(20)17-6-5-16-10-3-2-4-15-8-10/h2-4,7-8,16H,5-6H2,1H3,(H,17,20)(H2,14,18,19). The molecule has 0 aromatic carbocycles. The van der Waals surface area contributed by atoms with E-state index >= 15 is 0 Å². The first-order valence-electron chi connectivity index (χ1n) is 6.18. The van der Waals surface area contributed by atoms with Crippen LogP contribution in [0.15, 0.2) is 30.6 Å². The lowest BCUT2D eigenvalue weighted by molar-refractivity contribution is 0.0950. The Hall–Kier alpha value is -2.70. The first-order chi connectivity index (χ1) is 9.65. The van der Waals surface area contributed by atoms with E-state index in [2.05, 4.69) is 25.6 Å². The molecule has 0 aliphatic heterocycles. The molecule has 0 aliphatic carbocycles. The molecule has 1 amide bonds. The maximum Gasteiger partial charge on any atom is 0.270 e. The van der Waals surface area contributed by atoms with Crippen LogP contribution in [0, 0.1) is 6.92 Å². The van der Waals surface area contributed by atoms with E-state index in [4.69, 9.17) is 5.73 Å². The van der Waals surface area contributed by atoms with E-state index in [1.54, 1.807) is 25.4 Å². The number of nitrogens with two attached hydrogens (primary N) is 1. The molecule has 0 radical (unpaired) electrons. The number of rotatable bonds is 5. The van der Waals surface area contributed by atoms with E-state index in [9.17, 15) is 4.79 Å². The van der Waals surface area contributed by atoms with Crippen LogP contribution in [0.3, 0.4) is 0 Å². The highest BCUT2D eigenvalue weighted by atomic mass is 16.1. The quantitative estimate of drug-likeness (QED) is 0.688. The molecule has 7 nitrogen and oxygen atoms in total. The molecule has 0 saturated heterocycles. The topological polar surface area (TPSA) is 106 Å². The summed E-state index contributed by atoms with van der Waals surface area (Å²) in [5, 5.41) is 5.90. The molecule has 7 heteroatoms. The zero-order valence-corrected chi connectivity index (χ0v) is 11.1. The van der Waals surface area contributed by atoms with Gasteiger partial charge in [-0.1, -0.05) is 0 Å². The number of anilines is 2. The molecule has 2 aromatic rings. The lowest BCUT2D eigenvalue weighted by Crippen LogP contribution is -2.29. The highest BCUT2D eigenvalue weighted by Gasteiger charge is 2.08. The smallest absolute Gasteiger partial charge is 0.270 e. The minimum atomic E-state index is -0.268. The lowest BCUT2D eigenvalue weighted by atomic mass is 10.3. The van der Waals surface area contributed by atoms with E-state index < -0.39 is 0 Å². The largest absolute Gasteiger partial charge is 0.382 e.